The summed E-state index contributed by atoms with van der Waals surface area (Å²) in [4.78, 5) is 19.1. The number of hydrogen-bond donors (Lipinski definition) is 6. The van der Waals surface area contributed by atoms with E-state index in [0.29, 0.717) is 6.07 Å². The molecule has 2 aromatic rings. The van der Waals surface area contributed by atoms with Crippen LogP contribution in [0, 0.1) is 28.4 Å². The van der Waals surface area contributed by atoms with Gasteiger partial charge in [0.2, 0.25) is 0 Å². The molecule has 9 N–H and O–H groups in total. The first kappa shape index (κ1) is 31.8. The van der Waals surface area contributed by atoms with E-state index in [9.17, 15) is 13.6 Å². The molecule has 3 rings (SSSR count). The maximum Gasteiger partial charge on any atom is 0.312 e. The van der Waals surface area contributed by atoms with Gasteiger partial charge in [-0.1, -0.05) is 44.2 Å². The van der Waals surface area contributed by atoms with E-state index in [1.54, 1.807) is 0 Å². The van der Waals surface area contributed by atoms with Crippen molar-refractivity contribution in [2.75, 3.05) is 13.1 Å². The highest BCUT2D eigenvalue weighted by Gasteiger charge is 2.22. The third-order valence-corrected chi connectivity index (χ3v) is 5.92. The molecule has 0 atom stereocenters. The minimum absolute atomic E-state index is 0.0227. The summed E-state index contributed by atoms with van der Waals surface area (Å²) in [7, 11) is 0. The van der Waals surface area contributed by atoms with Gasteiger partial charge in [0, 0.05) is 48.0 Å². The molecule has 40 heavy (non-hydrogen) atoms. The Morgan fingerprint density at radius 2 is 1.77 bits per heavy atom. The van der Waals surface area contributed by atoms with Crippen molar-refractivity contribution in [3.05, 3.63) is 82.6 Å². The van der Waals surface area contributed by atoms with Gasteiger partial charge in [-0.2, -0.15) is 0 Å². The smallest absolute Gasteiger partial charge is 0.312 e. The highest BCUT2D eigenvalue weighted by Crippen LogP contribution is 2.39. The third kappa shape index (κ3) is 10.8. The van der Waals surface area contributed by atoms with Crippen LogP contribution in [0.15, 0.2) is 69.8 Å². The van der Waals surface area contributed by atoms with Crippen molar-refractivity contribution in [3.8, 4) is 0 Å². The number of benzene rings is 2. The number of nitrogens with one attached hydrogen (secondary N) is 3. The molecule has 1 saturated carbocycles. The van der Waals surface area contributed by atoms with Crippen LogP contribution in [0.4, 0.5) is 13.6 Å². The maximum atomic E-state index is 14.4. The Hall–Kier alpha value is -4.41. The van der Waals surface area contributed by atoms with E-state index in [0.717, 1.165) is 18.2 Å². The second-order valence-corrected chi connectivity index (χ2v) is 9.56. The first-order chi connectivity index (χ1) is 19.0. The number of rotatable bonds is 11. The summed E-state index contributed by atoms with van der Waals surface area (Å²) in [5.74, 6) is -0.488. The molecule has 11 heteroatoms. The summed E-state index contributed by atoms with van der Waals surface area (Å²) in [5, 5.41) is 17.9. The molecule has 0 aromatic heterocycles. The monoisotopic (exact) mass is 552 g/mol. The number of amides is 2. The summed E-state index contributed by atoms with van der Waals surface area (Å²) in [6.45, 7) is 3.72. The molecule has 214 valence electrons. The van der Waals surface area contributed by atoms with Gasteiger partial charge in [-0.05, 0) is 42.9 Å². The zero-order chi connectivity index (χ0) is 29.7. The molecule has 0 unspecified atom stereocenters. The number of aliphatic imine (C=N–C) groups is 2. The average molecular weight is 553 g/mol. The molecule has 1 aliphatic rings. The molecule has 0 spiro atoms. The Morgan fingerprint density at radius 1 is 1.10 bits per heavy atom. The number of carbonyl (C=O) groups excluding carboxylic acids is 1. The number of allylic oxidation sites excluding steroid dienone is 2. The van der Waals surface area contributed by atoms with Crippen LogP contribution in [-0.2, 0) is 0 Å². The molecule has 1 fully saturated rings. The largest absolute Gasteiger partial charge is 0.401 e. The van der Waals surface area contributed by atoms with E-state index in [4.69, 9.17) is 28.0 Å². The molecule has 2 amide bonds. The highest BCUT2D eigenvalue weighted by molar-refractivity contribution is 6.24. The van der Waals surface area contributed by atoms with E-state index in [-0.39, 0.29) is 66.1 Å². The van der Waals surface area contributed by atoms with Gasteiger partial charge < -0.3 is 27.9 Å². The molecule has 0 aliphatic heterocycles. The van der Waals surface area contributed by atoms with Gasteiger partial charge in [-0.25, -0.2) is 18.6 Å². The molecule has 0 radical (unpaired) electrons. The molecule has 0 saturated heterocycles. The second kappa shape index (κ2) is 15.9. The predicted octanol–water partition coefficient (Wildman–Crippen LogP) is 4.62. The zero-order valence-electron chi connectivity index (χ0n) is 22.9. The van der Waals surface area contributed by atoms with Crippen LogP contribution >= 0.6 is 0 Å². The lowest BCUT2D eigenvalue weighted by Gasteiger charge is -2.13. The van der Waals surface area contributed by atoms with Crippen molar-refractivity contribution in [2.24, 2.45) is 33.1 Å². The second-order valence-electron chi connectivity index (χ2n) is 9.56. The van der Waals surface area contributed by atoms with Crippen LogP contribution in [0.5, 0.6) is 0 Å². The number of primary amides is 1. The summed E-state index contributed by atoms with van der Waals surface area (Å²) >= 11 is 0. The first-order valence-corrected chi connectivity index (χ1v) is 13.0. The van der Waals surface area contributed by atoms with Crippen molar-refractivity contribution in [3.63, 3.8) is 0 Å². The van der Waals surface area contributed by atoms with Gasteiger partial charge in [0.25, 0.3) is 0 Å². The standard InChI is InChI=1S/C20H28F2N8O.C9H10/c1-11(2)19(26)30-17(25)6-5-16(24)14(10-23)18(28-7-8-29-20(27)31)13-4-3-12(21)9-15(13)22;1-2-4-8(5-3-1)9-6-7-9/h3-4,9-11,23H,5-8,24H2,1-2H3,(H3,25,26,30)(H3,27,29,31);1-5,9H,6-7H2/b16-14+,23-10?,28-18?;. The van der Waals surface area contributed by atoms with Crippen LogP contribution in [-0.4, -0.2) is 42.7 Å². The summed E-state index contributed by atoms with van der Waals surface area (Å²) < 4.78 is 27.8. The molecular weight excluding hydrogens is 514 g/mol. The molecule has 1 aliphatic carbocycles. The number of nitrogens with two attached hydrogens (primary N) is 3. The van der Waals surface area contributed by atoms with Gasteiger partial charge in [-0.3, -0.25) is 10.4 Å². The van der Waals surface area contributed by atoms with Crippen LogP contribution < -0.4 is 22.5 Å². The van der Waals surface area contributed by atoms with Crippen molar-refractivity contribution < 1.29 is 13.6 Å². The van der Waals surface area contributed by atoms with Crippen molar-refractivity contribution in [2.45, 2.75) is 45.4 Å². The SMILES string of the molecule is CC(C)C(=N)N=C(N)CC/C(N)=C(/C=N)C(=NCCNC(N)=O)c1ccc(F)cc1F.c1ccc(C2CC2)cc1. The third-order valence-electron chi connectivity index (χ3n) is 5.92. The average Bonchev–Trinajstić information content (AvgIpc) is 3.76. The fourth-order valence-corrected chi connectivity index (χ4v) is 3.54. The molecule has 9 nitrogen and oxygen atoms in total. The summed E-state index contributed by atoms with van der Waals surface area (Å²) in [6, 6.07) is 13.0. The minimum Gasteiger partial charge on any atom is -0.401 e. The summed E-state index contributed by atoms with van der Waals surface area (Å²) in [5.41, 5.74) is 18.8. The van der Waals surface area contributed by atoms with E-state index in [1.165, 1.54) is 24.5 Å². The quantitative estimate of drug-likeness (QED) is 0.135. The number of halogens is 2. The fourth-order valence-electron chi connectivity index (χ4n) is 3.54. The van der Waals surface area contributed by atoms with Gasteiger partial charge in [0.15, 0.2) is 0 Å². The highest BCUT2D eigenvalue weighted by atomic mass is 19.1. The minimum atomic E-state index is -0.875. The van der Waals surface area contributed by atoms with Gasteiger partial charge in [0.05, 0.1) is 12.3 Å². The van der Waals surface area contributed by atoms with Gasteiger partial charge in [0.1, 0.15) is 23.3 Å². The van der Waals surface area contributed by atoms with E-state index >= 15 is 0 Å². The van der Waals surface area contributed by atoms with Crippen molar-refractivity contribution in [1.29, 1.82) is 10.8 Å². The van der Waals surface area contributed by atoms with Crippen LogP contribution in [0.2, 0.25) is 0 Å². The number of nitrogens with zero attached hydrogens (tertiary/aromatic N) is 2. The molecular formula is C29H38F2N8O. The van der Waals surface area contributed by atoms with Crippen molar-refractivity contribution >= 4 is 29.6 Å². The fraction of sp³-hybridized carbons (Fsp3) is 0.345. The molecule has 0 heterocycles. The normalized spacial score (nSPS) is 14.1. The van der Waals surface area contributed by atoms with Gasteiger partial charge in [-0.15, -0.1) is 0 Å². The Morgan fingerprint density at radius 3 is 2.33 bits per heavy atom. The molecule has 2 aromatic carbocycles. The van der Waals surface area contributed by atoms with Gasteiger partial charge >= 0.3 is 6.03 Å². The van der Waals surface area contributed by atoms with E-state index in [2.05, 4.69) is 45.6 Å². The van der Waals surface area contributed by atoms with Crippen LogP contribution in [0.25, 0.3) is 0 Å². The Labute approximate surface area is 233 Å². The Bertz CT molecular complexity index is 1270. The summed E-state index contributed by atoms with van der Waals surface area (Å²) in [6.07, 6.45) is 4.11. The first-order valence-electron chi connectivity index (χ1n) is 13.0. The number of hydrogen-bond acceptors (Lipinski definition) is 5. The zero-order valence-corrected chi connectivity index (χ0v) is 22.9. The lowest BCUT2D eigenvalue weighted by Crippen LogP contribution is -2.31. The number of carbonyl (C=O) groups is 1. The Kier molecular flexibility index (Phi) is 12.6. The van der Waals surface area contributed by atoms with Crippen LogP contribution in [0.1, 0.15) is 56.6 Å². The van der Waals surface area contributed by atoms with Crippen molar-refractivity contribution in [1.82, 2.24) is 5.32 Å². The number of amidine groups is 2. The molecule has 0 bridgehead atoms. The maximum absolute atomic E-state index is 14.4. The lowest BCUT2D eigenvalue weighted by atomic mass is 9.98. The Balaban J connectivity index is 0.000000515. The lowest BCUT2D eigenvalue weighted by molar-refractivity contribution is 0.249. The topological polar surface area (TPSA) is 180 Å². The van der Waals surface area contributed by atoms with E-state index < -0.39 is 17.7 Å². The van der Waals surface area contributed by atoms with E-state index in [1.807, 2.05) is 13.8 Å². The van der Waals surface area contributed by atoms with Crippen LogP contribution in [0.3, 0.4) is 0 Å². The number of urea groups is 1. The predicted molar refractivity (Wildman–Crippen MR) is 157 cm³/mol.